The molecule has 1 amide bonds. The second kappa shape index (κ2) is 8.56. The zero-order valence-electron chi connectivity index (χ0n) is 12.3. The van der Waals surface area contributed by atoms with E-state index in [1.54, 1.807) is 25.1 Å². The van der Waals surface area contributed by atoms with Crippen LogP contribution in [0.15, 0.2) is 24.3 Å². The second-order valence-electron chi connectivity index (χ2n) is 4.90. The monoisotopic (exact) mass is 300 g/mol. The Bertz CT molecular complexity index is 455. The number of carbonyl (C=O) groups excluding carboxylic acids is 1. The van der Waals surface area contributed by atoms with Crippen LogP contribution in [0.2, 0.25) is 0 Å². The van der Waals surface area contributed by atoms with Crippen molar-refractivity contribution in [1.29, 1.82) is 0 Å². The fourth-order valence-electron chi connectivity index (χ4n) is 1.99. The van der Waals surface area contributed by atoms with Crippen LogP contribution in [0.25, 0.3) is 0 Å². The van der Waals surface area contributed by atoms with E-state index in [1.807, 2.05) is 6.92 Å². The van der Waals surface area contributed by atoms with E-state index in [2.05, 4.69) is 10.1 Å². The third-order valence-electron chi connectivity index (χ3n) is 3.17. The number of ether oxygens (including phenoxy) is 1. The van der Waals surface area contributed by atoms with Crippen molar-refractivity contribution in [2.24, 2.45) is 5.73 Å². The first-order valence-corrected chi connectivity index (χ1v) is 7.05. The lowest BCUT2D eigenvalue weighted by molar-refractivity contribution is -0.123. The maximum atomic E-state index is 12.4. The lowest BCUT2D eigenvalue weighted by Crippen LogP contribution is -2.41. The Kier molecular flexibility index (Phi) is 7.08. The fourth-order valence-corrected chi connectivity index (χ4v) is 1.99. The number of benzene rings is 1. The summed E-state index contributed by atoms with van der Waals surface area (Å²) in [6.45, 7) is 0.823. The minimum Gasteiger partial charge on any atom is -0.434 e. The summed E-state index contributed by atoms with van der Waals surface area (Å²) < 4.78 is 29.2. The number of unbranched alkanes of at least 4 members (excludes halogenated alkanes) is 1. The molecule has 4 nitrogen and oxygen atoms in total. The average molecular weight is 300 g/mol. The van der Waals surface area contributed by atoms with Crippen molar-refractivity contribution in [3.8, 4) is 5.75 Å². The lowest BCUT2D eigenvalue weighted by Gasteiger charge is -2.20. The quantitative estimate of drug-likeness (QED) is 0.775. The van der Waals surface area contributed by atoms with Gasteiger partial charge in [0, 0.05) is 5.56 Å². The van der Waals surface area contributed by atoms with E-state index >= 15 is 0 Å². The van der Waals surface area contributed by atoms with Crippen LogP contribution >= 0.6 is 0 Å². The summed E-state index contributed by atoms with van der Waals surface area (Å²) in [6.07, 6.45) is 2.43. The second-order valence-corrected chi connectivity index (χ2v) is 4.90. The van der Waals surface area contributed by atoms with Gasteiger partial charge in [0.25, 0.3) is 0 Å². The van der Waals surface area contributed by atoms with Gasteiger partial charge in [-0.3, -0.25) is 4.79 Å². The van der Waals surface area contributed by atoms with Gasteiger partial charge in [-0.2, -0.15) is 8.78 Å². The molecule has 0 aromatic heterocycles. The van der Waals surface area contributed by atoms with E-state index in [1.165, 1.54) is 6.07 Å². The van der Waals surface area contributed by atoms with Crippen LogP contribution in [0, 0.1) is 0 Å². The molecule has 0 heterocycles. The molecule has 21 heavy (non-hydrogen) atoms. The highest BCUT2D eigenvalue weighted by molar-refractivity contribution is 5.81. The summed E-state index contributed by atoms with van der Waals surface area (Å²) in [7, 11) is 0. The molecule has 0 aliphatic heterocycles. The number of hydrogen-bond donors (Lipinski definition) is 2. The summed E-state index contributed by atoms with van der Waals surface area (Å²) >= 11 is 0. The van der Waals surface area contributed by atoms with Crippen molar-refractivity contribution in [2.45, 2.75) is 51.8 Å². The summed E-state index contributed by atoms with van der Waals surface area (Å²) in [4.78, 5) is 11.9. The predicted molar refractivity (Wildman–Crippen MR) is 77.1 cm³/mol. The van der Waals surface area contributed by atoms with Gasteiger partial charge in [0.1, 0.15) is 5.75 Å². The molecule has 0 saturated heterocycles. The molecule has 2 atom stereocenters. The highest BCUT2D eigenvalue weighted by Crippen LogP contribution is 2.26. The highest BCUT2D eigenvalue weighted by Gasteiger charge is 2.19. The smallest absolute Gasteiger partial charge is 0.387 e. The van der Waals surface area contributed by atoms with Crippen LogP contribution in [0.4, 0.5) is 8.78 Å². The molecule has 0 saturated carbocycles. The molecule has 1 aromatic rings. The van der Waals surface area contributed by atoms with E-state index in [4.69, 9.17) is 5.73 Å². The average Bonchev–Trinajstić information content (AvgIpc) is 2.44. The predicted octanol–water partition coefficient (Wildman–Crippen LogP) is 2.98. The molecule has 0 radical (unpaired) electrons. The van der Waals surface area contributed by atoms with Gasteiger partial charge in [-0.15, -0.1) is 0 Å². The molecular formula is C15H22F2N2O2. The molecule has 118 valence electrons. The number of rotatable bonds is 8. The van der Waals surface area contributed by atoms with Crippen molar-refractivity contribution >= 4 is 5.91 Å². The minimum atomic E-state index is -2.90. The van der Waals surface area contributed by atoms with Gasteiger partial charge in [0.15, 0.2) is 0 Å². The van der Waals surface area contributed by atoms with E-state index in [0.29, 0.717) is 12.0 Å². The third kappa shape index (κ3) is 5.67. The molecule has 0 fully saturated rings. The van der Waals surface area contributed by atoms with Crippen molar-refractivity contribution in [3.05, 3.63) is 29.8 Å². The maximum absolute atomic E-state index is 12.4. The number of hydrogen-bond acceptors (Lipinski definition) is 3. The van der Waals surface area contributed by atoms with Crippen LogP contribution in [0.1, 0.15) is 44.7 Å². The molecule has 1 unspecified atom stereocenters. The Morgan fingerprint density at radius 2 is 2.05 bits per heavy atom. The van der Waals surface area contributed by atoms with Gasteiger partial charge in [-0.05, 0) is 19.4 Å². The van der Waals surface area contributed by atoms with Crippen LogP contribution in [0.3, 0.4) is 0 Å². The molecular weight excluding hydrogens is 278 g/mol. The molecule has 1 rings (SSSR count). The molecule has 6 heteroatoms. The maximum Gasteiger partial charge on any atom is 0.387 e. The van der Waals surface area contributed by atoms with Gasteiger partial charge in [-0.1, -0.05) is 38.0 Å². The van der Waals surface area contributed by atoms with Crippen molar-refractivity contribution in [2.75, 3.05) is 0 Å². The molecule has 0 bridgehead atoms. The summed E-state index contributed by atoms with van der Waals surface area (Å²) in [5, 5.41) is 2.73. The Hall–Kier alpha value is -1.69. The number of para-hydroxylation sites is 1. The minimum absolute atomic E-state index is 0.0578. The van der Waals surface area contributed by atoms with E-state index < -0.39 is 18.7 Å². The lowest BCUT2D eigenvalue weighted by atomic mass is 10.1. The number of nitrogens with two attached hydrogens (primary N) is 1. The molecule has 0 aliphatic carbocycles. The van der Waals surface area contributed by atoms with Gasteiger partial charge in [-0.25, -0.2) is 0 Å². The topological polar surface area (TPSA) is 64.4 Å². The fraction of sp³-hybridized carbons (Fsp3) is 0.533. The van der Waals surface area contributed by atoms with E-state index in [9.17, 15) is 13.6 Å². The van der Waals surface area contributed by atoms with E-state index in [-0.39, 0.29) is 11.7 Å². The third-order valence-corrected chi connectivity index (χ3v) is 3.17. The standard InChI is InChI=1S/C15H22F2N2O2/c1-3-4-8-12(18)14(20)19-10(2)11-7-5-6-9-13(11)21-15(16)17/h5-7,9-10,12,15H,3-4,8,18H2,1-2H3,(H,19,20)/t10?,12-/m0/s1. The van der Waals surface area contributed by atoms with Gasteiger partial charge >= 0.3 is 6.61 Å². The highest BCUT2D eigenvalue weighted by atomic mass is 19.3. The molecule has 0 spiro atoms. The van der Waals surface area contributed by atoms with Crippen LogP contribution < -0.4 is 15.8 Å². The zero-order valence-corrected chi connectivity index (χ0v) is 12.3. The SMILES string of the molecule is CCCC[C@H](N)C(=O)NC(C)c1ccccc1OC(F)F. The number of alkyl halides is 2. The van der Waals surface area contributed by atoms with Gasteiger partial charge in [0.2, 0.25) is 5.91 Å². The largest absolute Gasteiger partial charge is 0.434 e. The molecule has 0 aliphatic rings. The normalized spacial score (nSPS) is 13.8. The van der Waals surface area contributed by atoms with Gasteiger partial charge in [0.05, 0.1) is 12.1 Å². The Balaban J connectivity index is 2.70. The van der Waals surface area contributed by atoms with Crippen LogP contribution in [-0.4, -0.2) is 18.6 Å². The van der Waals surface area contributed by atoms with E-state index in [0.717, 1.165) is 12.8 Å². The number of amides is 1. The number of halogens is 2. The summed E-state index contributed by atoms with van der Waals surface area (Å²) in [5.41, 5.74) is 6.28. The Labute approximate surface area is 123 Å². The Morgan fingerprint density at radius 1 is 1.38 bits per heavy atom. The molecule has 1 aromatic carbocycles. The van der Waals surface area contributed by atoms with Crippen LogP contribution in [0.5, 0.6) is 5.75 Å². The number of nitrogens with one attached hydrogen (secondary N) is 1. The molecule has 3 N–H and O–H groups in total. The number of carbonyl (C=O) groups is 1. The summed E-state index contributed by atoms with van der Waals surface area (Å²) in [6, 6.07) is 5.34. The van der Waals surface area contributed by atoms with Crippen LogP contribution in [-0.2, 0) is 4.79 Å². The first kappa shape index (κ1) is 17.4. The van der Waals surface area contributed by atoms with Crippen molar-refractivity contribution in [3.63, 3.8) is 0 Å². The summed E-state index contributed by atoms with van der Waals surface area (Å²) in [5.74, 6) is -0.231. The van der Waals surface area contributed by atoms with Crippen molar-refractivity contribution < 1.29 is 18.3 Å². The van der Waals surface area contributed by atoms with Gasteiger partial charge < -0.3 is 15.8 Å². The first-order valence-electron chi connectivity index (χ1n) is 7.05. The van der Waals surface area contributed by atoms with Crippen molar-refractivity contribution in [1.82, 2.24) is 5.32 Å². The Morgan fingerprint density at radius 3 is 2.67 bits per heavy atom. The first-order chi connectivity index (χ1) is 9.95. The zero-order chi connectivity index (χ0) is 15.8.